The van der Waals surface area contributed by atoms with Crippen molar-refractivity contribution in [2.24, 2.45) is 0 Å². The van der Waals surface area contributed by atoms with Crippen molar-refractivity contribution in [2.75, 3.05) is 13.2 Å². The van der Waals surface area contributed by atoms with Crippen LogP contribution >= 0.6 is 0 Å². The Morgan fingerprint density at radius 2 is 1.93 bits per heavy atom. The van der Waals surface area contributed by atoms with Crippen molar-refractivity contribution in [2.45, 2.75) is 97.1 Å². The summed E-state index contributed by atoms with van der Waals surface area (Å²) in [6.07, 6.45) is 14.2. The van der Waals surface area contributed by atoms with E-state index in [9.17, 15) is 4.79 Å². The number of aromatic nitrogens is 1. The van der Waals surface area contributed by atoms with E-state index >= 15 is 0 Å². The minimum absolute atomic E-state index is 0.0667. The number of carbonyl (C=O) groups excluding carboxylic acids is 1. The third kappa shape index (κ3) is 8.07. The first-order valence-electron chi connectivity index (χ1n) is 11.0. The van der Waals surface area contributed by atoms with E-state index in [0.717, 1.165) is 31.6 Å². The molecule has 1 aliphatic rings. The van der Waals surface area contributed by atoms with Crippen LogP contribution in [0, 0.1) is 0 Å². The minimum atomic E-state index is -0.472. The van der Waals surface area contributed by atoms with E-state index < -0.39 is 5.60 Å². The van der Waals surface area contributed by atoms with Gasteiger partial charge in [0.2, 0.25) is 0 Å². The molecule has 0 spiro atoms. The summed E-state index contributed by atoms with van der Waals surface area (Å²) in [5.74, 6) is 0.791. The largest absolute Gasteiger partial charge is 0.490 e. The zero-order chi connectivity index (χ0) is 20.4. The number of nitrogens with zero attached hydrogens (tertiary/aromatic N) is 2. The molecule has 5 nitrogen and oxygen atoms in total. The normalized spacial score (nSPS) is 17.0. The highest BCUT2D eigenvalue weighted by Gasteiger charge is 2.32. The van der Waals surface area contributed by atoms with Gasteiger partial charge in [-0.15, -0.1) is 0 Å². The van der Waals surface area contributed by atoms with Crippen LogP contribution in [0.1, 0.15) is 84.6 Å². The minimum Gasteiger partial charge on any atom is -0.490 e. The fraction of sp³-hybridized carbons (Fsp3) is 0.739. The second-order valence-electron chi connectivity index (χ2n) is 8.83. The Kier molecular flexibility index (Phi) is 9.07. The molecule has 1 saturated heterocycles. The summed E-state index contributed by atoms with van der Waals surface area (Å²) >= 11 is 0. The zero-order valence-electron chi connectivity index (χ0n) is 18.2. The number of amides is 1. The smallest absolute Gasteiger partial charge is 0.410 e. The number of carbonyl (C=O) groups is 1. The Morgan fingerprint density at radius 1 is 1.18 bits per heavy atom. The lowest BCUT2D eigenvalue weighted by molar-refractivity contribution is 0.0187. The molecule has 28 heavy (non-hydrogen) atoms. The number of aryl methyl sites for hydroxylation is 1. The van der Waals surface area contributed by atoms with Gasteiger partial charge in [0.1, 0.15) is 18.0 Å². The van der Waals surface area contributed by atoms with Crippen molar-refractivity contribution in [1.29, 1.82) is 0 Å². The van der Waals surface area contributed by atoms with E-state index in [1.807, 2.05) is 27.0 Å². The molecule has 5 heteroatoms. The summed E-state index contributed by atoms with van der Waals surface area (Å²) in [5.41, 5.74) is 0.753. The summed E-state index contributed by atoms with van der Waals surface area (Å²) in [7, 11) is 0. The van der Waals surface area contributed by atoms with Gasteiger partial charge in [0, 0.05) is 12.7 Å². The SMILES string of the molecule is CCCCCCCCc1cncc(OC[C@@H]2CCCN2C(=O)OC(C)(C)C)c1. The lowest BCUT2D eigenvalue weighted by Gasteiger charge is -2.28. The van der Waals surface area contributed by atoms with Gasteiger partial charge in [-0.3, -0.25) is 4.98 Å². The van der Waals surface area contributed by atoms with E-state index in [0.29, 0.717) is 6.61 Å². The number of ether oxygens (including phenoxy) is 2. The Balaban J connectivity index is 1.78. The summed E-state index contributed by atoms with van der Waals surface area (Å²) in [6, 6.07) is 2.16. The number of likely N-dealkylation sites (tertiary alicyclic amines) is 1. The molecule has 1 atom stereocenters. The molecule has 1 fully saturated rings. The van der Waals surface area contributed by atoms with Crippen molar-refractivity contribution in [3.8, 4) is 5.75 Å². The van der Waals surface area contributed by atoms with Crippen LogP contribution in [0.15, 0.2) is 18.5 Å². The van der Waals surface area contributed by atoms with Gasteiger partial charge < -0.3 is 14.4 Å². The van der Waals surface area contributed by atoms with Crippen molar-refractivity contribution in [3.63, 3.8) is 0 Å². The second-order valence-corrected chi connectivity index (χ2v) is 8.83. The molecule has 1 aliphatic heterocycles. The van der Waals surface area contributed by atoms with Gasteiger partial charge in [0.25, 0.3) is 0 Å². The highest BCUT2D eigenvalue weighted by molar-refractivity contribution is 5.69. The van der Waals surface area contributed by atoms with Crippen LogP contribution in [0.4, 0.5) is 4.79 Å². The maximum atomic E-state index is 12.4. The lowest BCUT2D eigenvalue weighted by Crippen LogP contribution is -2.42. The standard InChI is InChI=1S/C23H38N2O3/c1-5-6-7-8-9-10-12-19-15-21(17-24-16-19)27-18-20-13-11-14-25(20)22(26)28-23(2,3)4/h15-17,20H,5-14,18H2,1-4H3/t20-/m0/s1. The molecule has 1 amide bonds. The summed E-state index contributed by atoms with van der Waals surface area (Å²) < 4.78 is 11.5. The average molecular weight is 391 g/mol. The molecule has 0 N–H and O–H groups in total. The van der Waals surface area contributed by atoms with Gasteiger partial charge in [-0.25, -0.2) is 4.79 Å². The number of hydrogen-bond donors (Lipinski definition) is 0. The fourth-order valence-corrected chi connectivity index (χ4v) is 3.55. The molecule has 2 heterocycles. The molecule has 158 valence electrons. The van der Waals surface area contributed by atoms with Gasteiger partial charge in [0.15, 0.2) is 0 Å². The molecule has 0 saturated carbocycles. The van der Waals surface area contributed by atoms with Crippen LogP contribution in [0.25, 0.3) is 0 Å². The maximum absolute atomic E-state index is 12.4. The molecule has 0 bridgehead atoms. The van der Waals surface area contributed by atoms with Crippen molar-refractivity contribution < 1.29 is 14.3 Å². The van der Waals surface area contributed by atoms with Gasteiger partial charge in [-0.05, 0) is 58.1 Å². The molecule has 0 aromatic carbocycles. The van der Waals surface area contributed by atoms with Crippen LogP contribution in [-0.4, -0.2) is 40.8 Å². The van der Waals surface area contributed by atoms with E-state index in [4.69, 9.17) is 9.47 Å². The van der Waals surface area contributed by atoms with Gasteiger partial charge in [0.05, 0.1) is 12.2 Å². The molecule has 1 aromatic heterocycles. The highest BCUT2D eigenvalue weighted by Crippen LogP contribution is 2.22. The summed E-state index contributed by atoms with van der Waals surface area (Å²) in [4.78, 5) is 18.5. The molecule has 0 radical (unpaired) electrons. The number of unbranched alkanes of at least 4 members (excludes halogenated alkanes) is 5. The topological polar surface area (TPSA) is 51.7 Å². The van der Waals surface area contributed by atoms with Crippen LogP contribution in [0.3, 0.4) is 0 Å². The number of pyridine rings is 1. The van der Waals surface area contributed by atoms with E-state index in [1.54, 1.807) is 11.1 Å². The molecular weight excluding hydrogens is 352 g/mol. The second kappa shape index (κ2) is 11.3. The Morgan fingerprint density at radius 3 is 2.68 bits per heavy atom. The molecule has 1 aromatic rings. The quantitative estimate of drug-likeness (QED) is 0.476. The summed E-state index contributed by atoms with van der Waals surface area (Å²) in [6.45, 7) is 9.16. The monoisotopic (exact) mass is 390 g/mol. The van der Waals surface area contributed by atoms with Crippen LogP contribution in [0.2, 0.25) is 0 Å². The predicted octanol–water partition coefficient (Wildman–Crippen LogP) is 5.76. The fourth-order valence-electron chi connectivity index (χ4n) is 3.55. The number of hydrogen-bond acceptors (Lipinski definition) is 4. The third-order valence-corrected chi connectivity index (χ3v) is 5.04. The summed E-state index contributed by atoms with van der Waals surface area (Å²) in [5, 5.41) is 0. The van der Waals surface area contributed by atoms with E-state index in [1.165, 1.54) is 44.1 Å². The van der Waals surface area contributed by atoms with Crippen LogP contribution in [0.5, 0.6) is 5.75 Å². The van der Waals surface area contributed by atoms with E-state index in [2.05, 4.69) is 18.0 Å². The first-order chi connectivity index (χ1) is 13.4. The maximum Gasteiger partial charge on any atom is 0.410 e. The first kappa shape index (κ1) is 22.5. The Hall–Kier alpha value is -1.78. The average Bonchev–Trinajstić information content (AvgIpc) is 3.11. The Labute approximate surface area is 170 Å². The van der Waals surface area contributed by atoms with Crippen molar-refractivity contribution in [1.82, 2.24) is 9.88 Å². The van der Waals surface area contributed by atoms with Crippen LogP contribution in [-0.2, 0) is 11.2 Å². The van der Waals surface area contributed by atoms with Crippen molar-refractivity contribution in [3.05, 3.63) is 24.0 Å². The first-order valence-corrected chi connectivity index (χ1v) is 11.0. The zero-order valence-corrected chi connectivity index (χ0v) is 18.2. The molecule has 0 unspecified atom stereocenters. The molecule has 2 rings (SSSR count). The van der Waals surface area contributed by atoms with Gasteiger partial charge in [-0.1, -0.05) is 39.0 Å². The van der Waals surface area contributed by atoms with Gasteiger partial charge >= 0.3 is 6.09 Å². The van der Waals surface area contributed by atoms with Crippen molar-refractivity contribution >= 4 is 6.09 Å². The third-order valence-electron chi connectivity index (χ3n) is 5.04. The highest BCUT2D eigenvalue weighted by atomic mass is 16.6. The van der Waals surface area contributed by atoms with Gasteiger partial charge in [-0.2, -0.15) is 0 Å². The molecular formula is C23H38N2O3. The lowest BCUT2D eigenvalue weighted by atomic mass is 10.1. The molecule has 0 aliphatic carbocycles. The predicted molar refractivity (Wildman–Crippen MR) is 113 cm³/mol. The van der Waals surface area contributed by atoms with Crippen LogP contribution < -0.4 is 4.74 Å². The number of rotatable bonds is 10. The Bertz CT molecular complexity index is 598. The van der Waals surface area contributed by atoms with E-state index in [-0.39, 0.29) is 12.1 Å².